The maximum Gasteiger partial charge on any atom is 0.160 e. The van der Waals surface area contributed by atoms with Crippen LogP contribution in [0.5, 0.6) is 0 Å². The van der Waals surface area contributed by atoms with Crippen LogP contribution in [0.25, 0.3) is 200 Å². The molecule has 0 spiro atoms. The fourth-order valence-corrected chi connectivity index (χ4v) is 15.7. The number of aromatic nitrogens is 6. The third-order valence-electron chi connectivity index (χ3n) is 20.2. The molecule has 0 atom stereocenters. The maximum atomic E-state index is 5.90. The largest absolute Gasteiger partial charge is 0.292 e. The van der Waals surface area contributed by atoms with Crippen molar-refractivity contribution in [2.45, 2.75) is 0 Å². The summed E-state index contributed by atoms with van der Waals surface area (Å²) in [6, 6.07) is 127. The lowest BCUT2D eigenvalue weighted by molar-refractivity contribution is 1.07. The minimum Gasteiger partial charge on any atom is -0.292 e. The van der Waals surface area contributed by atoms with Crippen molar-refractivity contribution in [3.8, 4) is 124 Å². The molecule has 0 radical (unpaired) electrons. The van der Waals surface area contributed by atoms with Crippen molar-refractivity contribution in [3.63, 3.8) is 0 Å². The second-order valence-corrected chi connectivity index (χ2v) is 26.0. The normalized spacial score (nSPS) is 11.8. The Labute approximate surface area is 577 Å². The Bertz CT molecular complexity index is 6480. The predicted molar refractivity (Wildman–Crippen MR) is 416 cm³/mol. The van der Waals surface area contributed by atoms with Gasteiger partial charge in [0.1, 0.15) is 11.6 Å². The van der Waals surface area contributed by atoms with E-state index in [9.17, 15) is 0 Å². The summed E-state index contributed by atoms with van der Waals surface area (Å²) < 4.78 is 4.64. The lowest BCUT2D eigenvalue weighted by atomic mass is 9.86. The van der Waals surface area contributed by atoms with E-state index in [4.69, 9.17) is 19.9 Å². The number of rotatable bonds is 12. The molecule has 0 aliphatic carbocycles. The molecule has 3 aromatic heterocycles. The molecule has 0 bridgehead atoms. The van der Waals surface area contributed by atoms with E-state index in [2.05, 4.69) is 361 Å². The van der Waals surface area contributed by atoms with Crippen molar-refractivity contribution >= 4 is 75.5 Å². The van der Waals surface area contributed by atoms with Gasteiger partial charge in [-0.1, -0.05) is 303 Å². The Hall–Kier alpha value is -13.4. The fourth-order valence-electron chi connectivity index (χ4n) is 15.7. The summed E-state index contributed by atoms with van der Waals surface area (Å²) in [5.41, 5.74) is 19.8. The fraction of sp³-hybridized carbons (Fsp3) is 0. The number of benzene rings is 17. The van der Waals surface area contributed by atoms with Crippen LogP contribution in [0, 0.1) is 0 Å². The van der Waals surface area contributed by atoms with Crippen LogP contribution in [0.2, 0.25) is 0 Å². The van der Waals surface area contributed by atoms with Gasteiger partial charge in [0.2, 0.25) is 0 Å². The monoisotopic (exact) mass is 1270 g/mol. The molecule has 0 aliphatic rings. The molecule has 0 unspecified atom stereocenters. The first-order valence-electron chi connectivity index (χ1n) is 34.1. The summed E-state index contributed by atoms with van der Waals surface area (Å²) in [6.07, 6.45) is 0. The molecule has 17 aromatic carbocycles. The topological polar surface area (TPSA) is 61.4 Å². The molecule has 0 amide bonds. The van der Waals surface area contributed by atoms with Crippen LogP contribution in [-0.4, -0.2) is 29.1 Å². The average molecular weight is 1270 g/mol. The third kappa shape index (κ3) is 9.26. The SMILES string of the molecule is c1ccc(-c2nc(-c3ccccc3)n(-c3ccc(-c4nc(-c5ccc(-n6c(-c7ccccc7)nc(-c7ccccc7)c6-c6ccccc6)cc5)c5cc(-c6ccc7ccc8cccc9ccc6c7c89)cc(-c6ccc7ccc8cccc9ccc6c7c89)c5n4)cc3)c2-c2ccccc2)cc1. The molecule has 464 valence electrons. The van der Waals surface area contributed by atoms with E-state index in [1.54, 1.807) is 0 Å². The smallest absolute Gasteiger partial charge is 0.160 e. The Morgan fingerprint density at radius 2 is 0.560 bits per heavy atom. The summed E-state index contributed by atoms with van der Waals surface area (Å²) in [5.74, 6) is 2.30. The summed E-state index contributed by atoms with van der Waals surface area (Å²) in [6.45, 7) is 0. The summed E-state index contributed by atoms with van der Waals surface area (Å²) in [4.78, 5) is 22.9. The molecule has 100 heavy (non-hydrogen) atoms. The Kier molecular flexibility index (Phi) is 13.2. The van der Waals surface area contributed by atoms with Crippen molar-refractivity contribution in [2.24, 2.45) is 0 Å². The molecule has 0 saturated heterocycles. The molecule has 20 aromatic rings. The van der Waals surface area contributed by atoms with E-state index >= 15 is 0 Å². The van der Waals surface area contributed by atoms with Crippen molar-refractivity contribution in [2.75, 3.05) is 0 Å². The number of hydrogen-bond donors (Lipinski definition) is 0. The summed E-state index contributed by atoms with van der Waals surface area (Å²) >= 11 is 0. The van der Waals surface area contributed by atoms with E-state index in [0.29, 0.717) is 5.82 Å². The van der Waals surface area contributed by atoms with Gasteiger partial charge >= 0.3 is 0 Å². The third-order valence-corrected chi connectivity index (χ3v) is 20.2. The molecule has 3 heterocycles. The first-order chi connectivity index (χ1) is 49.6. The highest BCUT2D eigenvalue weighted by molar-refractivity contribution is 6.28. The lowest BCUT2D eigenvalue weighted by Crippen LogP contribution is -2.02. The summed E-state index contributed by atoms with van der Waals surface area (Å²) in [5, 5.41) is 15.7. The molecule has 6 heteroatoms. The number of nitrogens with zero attached hydrogens (tertiary/aromatic N) is 6. The number of hydrogen-bond acceptors (Lipinski definition) is 4. The van der Waals surface area contributed by atoms with Crippen LogP contribution >= 0.6 is 0 Å². The van der Waals surface area contributed by atoms with Crippen molar-refractivity contribution in [1.29, 1.82) is 0 Å². The van der Waals surface area contributed by atoms with E-state index in [0.717, 1.165) is 129 Å². The molecule has 6 nitrogen and oxygen atoms in total. The van der Waals surface area contributed by atoms with Crippen LogP contribution in [0.3, 0.4) is 0 Å². The minimum atomic E-state index is 0.606. The van der Waals surface area contributed by atoms with Crippen LogP contribution in [0.15, 0.2) is 352 Å². The number of imidazole rings is 2. The maximum absolute atomic E-state index is 5.90. The molecule has 0 N–H and O–H groups in total. The first-order valence-corrected chi connectivity index (χ1v) is 34.1. The van der Waals surface area contributed by atoms with Crippen LogP contribution < -0.4 is 0 Å². The standard InChI is InChI=1S/C94H58N6/c1-7-21-65(22-8-1)87-90(68-25-11-3-12-26-68)99(93(97-87)71-29-15-5-16-30-71)74-49-41-67(42-50-74)86-81-58-73(76-53-45-63-39-37-59-33-19-35-61-47-55-78(76)84(63)82(59)61)57-80(77-54-46-64-40-38-60-34-20-36-62-48-56-79(77)85(64)83(60)62)89(81)96-92(95-86)70-43-51-75(52-44-70)100-91(69-27-13-4-14-28-69)88(66-23-9-2-10-24-66)98-94(100)72-31-17-6-18-32-72/h1-58H. The highest BCUT2D eigenvalue weighted by Gasteiger charge is 2.27. The van der Waals surface area contributed by atoms with Gasteiger partial charge in [0.15, 0.2) is 5.82 Å². The molecule has 0 aliphatic heterocycles. The van der Waals surface area contributed by atoms with E-state index in [-0.39, 0.29) is 0 Å². The zero-order valence-electron chi connectivity index (χ0n) is 54.2. The lowest BCUT2D eigenvalue weighted by Gasteiger charge is -2.19. The molecular formula is C94H58N6. The zero-order valence-corrected chi connectivity index (χ0v) is 54.2. The van der Waals surface area contributed by atoms with Crippen LogP contribution in [0.1, 0.15) is 0 Å². The average Bonchev–Trinajstić information content (AvgIpc) is 1.34. The van der Waals surface area contributed by atoms with Gasteiger partial charge in [0.05, 0.1) is 34.0 Å². The van der Waals surface area contributed by atoms with Crippen molar-refractivity contribution in [1.82, 2.24) is 29.1 Å². The van der Waals surface area contributed by atoms with Gasteiger partial charge in [-0.2, -0.15) is 0 Å². The molecule has 20 rings (SSSR count). The van der Waals surface area contributed by atoms with E-state index < -0.39 is 0 Å². The zero-order chi connectivity index (χ0) is 65.8. The summed E-state index contributed by atoms with van der Waals surface area (Å²) in [7, 11) is 0. The van der Waals surface area contributed by atoms with Gasteiger partial charge < -0.3 is 0 Å². The second kappa shape index (κ2) is 23.2. The van der Waals surface area contributed by atoms with Gasteiger partial charge in [-0.25, -0.2) is 19.9 Å². The quantitative estimate of drug-likeness (QED) is 0.114. The Morgan fingerprint density at radius 3 is 1.01 bits per heavy atom. The second-order valence-electron chi connectivity index (χ2n) is 26.0. The van der Waals surface area contributed by atoms with Gasteiger partial charge in [0, 0.05) is 66.8 Å². The van der Waals surface area contributed by atoms with Gasteiger partial charge in [-0.05, 0) is 130 Å². The number of fused-ring (bicyclic) bond motifs is 1. The predicted octanol–water partition coefficient (Wildman–Crippen LogP) is 24.5. The Morgan fingerprint density at radius 1 is 0.200 bits per heavy atom. The highest BCUT2D eigenvalue weighted by atomic mass is 15.1. The Balaban J connectivity index is 0.853. The first kappa shape index (κ1) is 56.9. The van der Waals surface area contributed by atoms with Crippen LogP contribution in [0.4, 0.5) is 0 Å². The minimum absolute atomic E-state index is 0.606. The van der Waals surface area contributed by atoms with E-state index in [1.165, 1.54) is 64.6 Å². The molecule has 0 fully saturated rings. The van der Waals surface area contributed by atoms with Gasteiger partial charge in [-0.15, -0.1) is 0 Å². The van der Waals surface area contributed by atoms with E-state index in [1.807, 2.05) is 0 Å². The molecular weight excluding hydrogens is 1210 g/mol. The van der Waals surface area contributed by atoms with Crippen molar-refractivity contribution in [3.05, 3.63) is 352 Å². The van der Waals surface area contributed by atoms with Crippen LogP contribution in [-0.2, 0) is 0 Å². The van der Waals surface area contributed by atoms with Gasteiger partial charge in [-0.3, -0.25) is 9.13 Å². The highest BCUT2D eigenvalue weighted by Crippen LogP contribution is 2.48. The molecule has 0 saturated carbocycles. The van der Waals surface area contributed by atoms with Crippen molar-refractivity contribution < 1.29 is 0 Å². The van der Waals surface area contributed by atoms with Gasteiger partial charge in [0.25, 0.3) is 0 Å².